The molecule has 0 aliphatic heterocycles. The van der Waals surface area contributed by atoms with E-state index in [9.17, 15) is 5.11 Å². The third-order valence-electron chi connectivity index (χ3n) is 3.90. The zero-order valence-electron chi connectivity index (χ0n) is 10.2. The highest BCUT2D eigenvalue weighted by Gasteiger charge is 2.27. The Hall–Kier alpha value is -0.120. The van der Waals surface area contributed by atoms with E-state index in [0.29, 0.717) is 12.0 Å². The highest BCUT2D eigenvalue weighted by molar-refractivity contribution is 4.83. The lowest BCUT2D eigenvalue weighted by atomic mass is 9.93. The number of hydrogen-bond acceptors (Lipinski definition) is 3. The molecule has 3 unspecified atom stereocenters. The van der Waals surface area contributed by atoms with Crippen molar-refractivity contribution in [2.75, 3.05) is 20.2 Å². The second-order valence-electron chi connectivity index (χ2n) is 4.90. The molecule has 0 aromatic heterocycles. The summed E-state index contributed by atoms with van der Waals surface area (Å²) >= 11 is 0. The number of nitrogens with zero attached hydrogens (tertiary/aromatic N) is 1. The average Bonchev–Trinajstić information content (AvgIpc) is 2.51. The summed E-state index contributed by atoms with van der Waals surface area (Å²) in [4.78, 5) is 2.32. The fraction of sp³-hybridized carbons (Fsp3) is 1.00. The first kappa shape index (κ1) is 12.9. The maximum absolute atomic E-state index is 9.19. The van der Waals surface area contributed by atoms with Gasteiger partial charge < -0.3 is 10.8 Å². The third kappa shape index (κ3) is 3.44. The second kappa shape index (κ2) is 6.46. The number of likely N-dealkylation sites (N-methyl/N-ethyl adjacent to an activating group) is 1. The van der Waals surface area contributed by atoms with Crippen LogP contribution in [-0.2, 0) is 0 Å². The van der Waals surface area contributed by atoms with Crippen molar-refractivity contribution in [2.24, 2.45) is 11.7 Å². The Morgan fingerprint density at radius 3 is 2.60 bits per heavy atom. The largest absolute Gasteiger partial charge is 0.395 e. The van der Waals surface area contributed by atoms with Gasteiger partial charge in [0.05, 0.1) is 6.61 Å². The Labute approximate surface area is 93.6 Å². The quantitative estimate of drug-likeness (QED) is 0.692. The maximum Gasteiger partial charge on any atom is 0.0584 e. The Bertz CT molecular complexity index is 175. The standard InChI is InChI=1S/C12H26N2O/c1-10(9-15)14(2)12-7-5-3-4-6-11(12)8-13/h10-12,15H,3-9,13H2,1-2H3. The van der Waals surface area contributed by atoms with Gasteiger partial charge >= 0.3 is 0 Å². The fourth-order valence-electron chi connectivity index (χ4n) is 2.63. The number of aliphatic hydroxyl groups is 1. The highest BCUT2D eigenvalue weighted by Crippen LogP contribution is 2.27. The minimum absolute atomic E-state index is 0.240. The minimum Gasteiger partial charge on any atom is -0.395 e. The van der Waals surface area contributed by atoms with Crippen LogP contribution in [-0.4, -0.2) is 42.3 Å². The summed E-state index contributed by atoms with van der Waals surface area (Å²) in [6.45, 7) is 3.11. The van der Waals surface area contributed by atoms with Crippen LogP contribution in [0.1, 0.15) is 39.0 Å². The van der Waals surface area contributed by atoms with E-state index in [1.54, 1.807) is 0 Å². The minimum atomic E-state index is 0.240. The van der Waals surface area contributed by atoms with Crippen LogP contribution in [0.2, 0.25) is 0 Å². The van der Waals surface area contributed by atoms with E-state index < -0.39 is 0 Å². The maximum atomic E-state index is 9.19. The molecular weight excluding hydrogens is 188 g/mol. The van der Waals surface area contributed by atoms with E-state index in [2.05, 4.69) is 18.9 Å². The number of aliphatic hydroxyl groups excluding tert-OH is 1. The van der Waals surface area contributed by atoms with Gasteiger partial charge in [-0.1, -0.05) is 19.3 Å². The Kier molecular flexibility index (Phi) is 5.58. The van der Waals surface area contributed by atoms with Gasteiger partial charge in [-0.15, -0.1) is 0 Å². The van der Waals surface area contributed by atoms with Crippen LogP contribution in [0.25, 0.3) is 0 Å². The van der Waals surface area contributed by atoms with Crippen molar-refractivity contribution in [3.05, 3.63) is 0 Å². The van der Waals surface area contributed by atoms with Crippen LogP contribution in [0.4, 0.5) is 0 Å². The van der Waals surface area contributed by atoms with Crippen LogP contribution >= 0.6 is 0 Å². The van der Waals surface area contributed by atoms with Crippen LogP contribution in [0.3, 0.4) is 0 Å². The van der Waals surface area contributed by atoms with Gasteiger partial charge in [0.2, 0.25) is 0 Å². The molecule has 0 radical (unpaired) electrons. The van der Waals surface area contributed by atoms with Crippen LogP contribution in [0.5, 0.6) is 0 Å². The molecule has 90 valence electrons. The summed E-state index contributed by atoms with van der Waals surface area (Å²) in [7, 11) is 2.12. The molecule has 0 bridgehead atoms. The van der Waals surface area contributed by atoms with Gasteiger partial charge in [0, 0.05) is 12.1 Å². The van der Waals surface area contributed by atoms with Crippen LogP contribution in [0, 0.1) is 5.92 Å². The molecule has 1 aliphatic rings. The average molecular weight is 214 g/mol. The summed E-state index contributed by atoms with van der Waals surface area (Å²) in [6, 6.07) is 0.821. The zero-order valence-corrected chi connectivity index (χ0v) is 10.2. The second-order valence-corrected chi connectivity index (χ2v) is 4.90. The van der Waals surface area contributed by atoms with Crippen LogP contribution < -0.4 is 5.73 Å². The first-order valence-electron chi connectivity index (χ1n) is 6.23. The summed E-state index contributed by atoms with van der Waals surface area (Å²) < 4.78 is 0. The number of rotatable bonds is 4. The molecule has 3 N–H and O–H groups in total. The molecule has 3 atom stereocenters. The first-order chi connectivity index (χ1) is 7.20. The molecule has 0 saturated heterocycles. The molecule has 1 rings (SSSR count). The van der Waals surface area contributed by atoms with Gasteiger partial charge in [-0.25, -0.2) is 0 Å². The van der Waals surface area contributed by atoms with Crippen molar-refractivity contribution in [3.63, 3.8) is 0 Å². The molecule has 0 aromatic rings. The van der Waals surface area contributed by atoms with Crippen molar-refractivity contribution >= 4 is 0 Å². The molecule has 1 aliphatic carbocycles. The topological polar surface area (TPSA) is 49.5 Å². The molecule has 1 fully saturated rings. The van der Waals surface area contributed by atoms with Crippen molar-refractivity contribution < 1.29 is 5.11 Å². The van der Waals surface area contributed by atoms with E-state index >= 15 is 0 Å². The van der Waals surface area contributed by atoms with E-state index in [1.807, 2.05) is 0 Å². The third-order valence-corrected chi connectivity index (χ3v) is 3.90. The predicted octanol–water partition coefficient (Wildman–Crippen LogP) is 1.21. The summed E-state index contributed by atoms with van der Waals surface area (Å²) in [5, 5.41) is 9.19. The lowest BCUT2D eigenvalue weighted by molar-refractivity contribution is 0.0860. The van der Waals surface area contributed by atoms with E-state index in [1.165, 1.54) is 32.1 Å². The van der Waals surface area contributed by atoms with Gasteiger partial charge in [-0.05, 0) is 39.3 Å². The normalized spacial score (nSPS) is 30.2. The van der Waals surface area contributed by atoms with Crippen LogP contribution in [0.15, 0.2) is 0 Å². The molecule has 0 aromatic carbocycles. The van der Waals surface area contributed by atoms with E-state index in [4.69, 9.17) is 5.73 Å². The smallest absolute Gasteiger partial charge is 0.0584 e. The van der Waals surface area contributed by atoms with Crippen molar-refractivity contribution in [1.82, 2.24) is 4.90 Å². The van der Waals surface area contributed by atoms with E-state index in [-0.39, 0.29) is 12.6 Å². The molecule has 3 heteroatoms. The molecule has 3 nitrogen and oxygen atoms in total. The molecule has 0 heterocycles. The fourth-order valence-corrected chi connectivity index (χ4v) is 2.63. The molecule has 15 heavy (non-hydrogen) atoms. The highest BCUT2D eigenvalue weighted by atomic mass is 16.3. The van der Waals surface area contributed by atoms with Crippen molar-refractivity contribution in [3.8, 4) is 0 Å². The Balaban J connectivity index is 2.60. The van der Waals surface area contributed by atoms with Gasteiger partial charge in [-0.2, -0.15) is 0 Å². The molecule has 0 amide bonds. The Morgan fingerprint density at radius 2 is 2.00 bits per heavy atom. The van der Waals surface area contributed by atoms with Crippen molar-refractivity contribution in [1.29, 1.82) is 0 Å². The molecule has 1 saturated carbocycles. The Morgan fingerprint density at radius 1 is 1.33 bits per heavy atom. The lowest BCUT2D eigenvalue weighted by Gasteiger charge is -2.36. The van der Waals surface area contributed by atoms with Gasteiger partial charge in [0.15, 0.2) is 0 Å². The molecule has 0 spiro atoms. The summed E-state index contributed by atoms with van der Waals surface area (Å²) in [6.07, 6.45) is 6.46. The number of hydrogen-bond donors (Lipinski definition) is 2. The number of nitrogens with two attached hydrogens (primary N) is 1. The lowest BCUT2D eigenvalue weighted by Crippen LogP contribution is -2.46. The summed E-state index contributed by atoms with van der Waals surface area (Å²) in [5.41, 5.74) is 5.85. The first-order valence-corrected chi connectivity index (χ1v) is 6.23. The predicted molar refractivity (Wildman–Crippen MR) is 63.7 cm³/mol. The molecular formula is C12H26N2O. The zero-order chi connectivity index (χ0) is 11.3. The monoisotopic (exact) mass is 214 g/mol. The van der Waals surface area contributed by atoms with E-state index in [0.717, 1.165) is 6.54 Å². The SMILES string of the molecule is CC(CO)N(C)C1CCCCCC1CN. The summed E-state index contributed by atoms with van der Waals surface area (Å²) in [5.74, 6) is 0.617. The van der Waals surface area contributed by atoms with Gasteiger partial charge in [-0.3, -0.25) is 4.90 Å². The van der Waals surface area contributed by atoms with Gasteiger partial charge in [0.25, 0.3) is 0 Å². The van der Waals surface area contributed by atoms with Gasteiger partial charge in [0.1, 0.15) is 0 Å². The van der Waals surface area contributed by atoms with Crippen molar-refractivity contribution in [2.45, 2.75) is 51.1 Å².